The van der Waals surface area contributed by atoms with Crippen LogP contribution in [-0.2, 0) is 19.1 Å². The van der Waals surface area contributed by atoms with E-state index in [0.29, 0.717) is 6.61 Å². The summed E-state index contributed by atoms with van der Waals surface area (Å²) in [7, 11) is 0. The molecule has 130 valence electrons. The number of ether oxygens (including phenoxy) is 2. The molecule has 0 aliphatic carbocycles. The van der Waals surface area contributed by atoms with Crippen LogP contribution in [0.25, 0.3) is 0 Å². The van der Waals surface area contributed by atoms with Gasteiger partial charge < -0.3 is 9.47 Å². The molecule has 0 aliphatic rings. The number of halogens is 2. The predicted octanol–water partition coefficient (Wildman–Crippen LogP) is 4.45. The topological polar surface area (TPSA) is 52.6 Å². The Kier molecular flexibility index (Phi) is 15.1. The molecule has 4 nitrogen and oxygen atoms in total. The normalized spacial score (nSPS) is 12.0. The maximum absolute atomic E-state index is 11.1. The van der Waals surface area contributed by atoms with Gasteiger partial charge in [0, 0.05) is 0 Å². The Balaban J connectivity index is 3.35. The molecule has 0 bridgehead atoms. The van der Waals surface area contributed by atoms with Gasteiger partial charge in [0.1, 0.15) is 17.9 Å². The lowest BCUT2D eigenvalue weighted by Crippen LogP contribution is -2.18. The van der Waals surface area contributed by atoms with Crippen LogP contribution in [0.3, 0.4) is 0 Å². The molecule has 0 N–H and O–H groups in total. The lowest BCUT2D eigenvalue weighted by Gasteiger charge is -2.15. The molecule has 0 aromatic rings. The van der Waals surface area contributed by atoms with Crippen molar-refractivity contribution in [2.75, 3.05) is 18.4 Å². The van der Waals surface area contributed by atoms with Crippen LogP contribution in [-0.4, -0.2) is 36.4 Å². The average Bonchev–Trinajstić information content (AvgIpc) is 2.54. The average molecular weight is 355 g/mol. The number of alkyl halides is 2. The van der Waals surface area contributed by atoms with E-state index >= 15 is 0 Å². The SMILES string of the molecule is CCC(CCCCCCCCCOC(=O)CCl)OC(=O)CCl. The van der Waals surface area contributed by atoms with E-state index in [1.807, 2.05) is 6.92 Å². The van der Waals surface area contributed by atoms with Crippen LogP contribution < -0.4 is 0 Å². The number of carbonyl (C=O) groups is 2. The van der Waals surface area contributed by atoms with E-state index < -0.39 is 0 Å². The van der Waals surface area contributed by atoms with Crippen LogP contribution in [0.15, 0.2) is 0 Å². The first-order valence-corrected chi connectivity index (χ1v) is 9.18. The Labute approximate surface area is 143 Å². The molecule has 22 heavy (non-hydrogen) atoms. The Morgan fingerprint density at radius 2 is 1.41 bits per heavy atom. The predicted molar refractivity (Wildman–Crippen MR) is 89.5 cm³/mol. The lowest BCUT2D eigenvalue weighted by atomic mass is 10.1. The van der Waals surface area contributed by atoms with Gasteiger partial charge in [-0.25, -0.2) is 0 Å². The molecular formula is C16H28Cl2O4. The van der Waals surface area contributed by atoms with Gasteiger partial charge in [0.2, 0.25) is 0 Å². The molecule has 0 aliphatic heterocycles. The molecule has 0 aromatic carbocycles. The molecule has 0 saturated heterocycles. The smallest absolute Gasteiger partial charge is 0.321 e. The second-order valence-corrected chi connectivity index (χ2v) is 5.81. The third-order valence-corrected chi connectivity index (χ3v) is 3.84. The highest BCUT2D eigenvalue weighted by atomic mass is 35.5. The van der Waals surface area contributed by atoms with Gasteiger partial charge in [-0.2, -0.15) is 0 Å². The fourth-order valence-corrected chi connectivity index (χ4v) is 2.29. The molecular weight excluding hydrogens is 327 g/mol. The van der Waals surface area contributed by atoms with Gasteiger partial charge in [-0.15, -0.1) is 23.2 Å². The van der Waals surface area contributed by atoms with Gasteiger partial charge in [0.15, 0.2) is 0 Å². The quantitative estimate of drug-likeness (QED) is 0.262. The maximum atomic E-state index is 11.1. The number of unbranched alkanes of at least 4 members (excludes halogenated alkanes) is 6. The van der Waals surface area contributed by atoms with Crippen molar-refractivity contribution in [1.29, 1.82) is 0 Å². The van der Waals surface area contributed by atoms with Crippen LogP contribution in [0.5, 0.6) is 0 Å². The third-order valence-electron chi connectivity index (χ3n) is 3.41. The summed E-state index contributed by atoms with van der Waals surface area (Å²) in [5.41, 5.74) is 0. The van der Waals surface area contributed by atoms with E-state index in [0.717, 1.165) is 44.9 Å². The van der Waals surface area contributed by atoms with Crippen LogP contribution >= 0.6 is 23.2 Å². The van der Waals surface area contributed by atoms with E-state index in [9.17, 15) is 9.59 Å². The highest BCUT2D eigenvalue weighted by Gasteiger charge is 2.10. The first-order valence-electron chi connectivity index (χ1n) is 8.11. The highest BCUT2D eigenvalue weighted by molar-refractivity contribution is 6.26. The summed E-state index contributed by atoms with van der Waals surface area (Å²) in [6.45, 7) is 2.49. The molecule has 0 saturated carbocycles. The van der Waals surface area contributed by atoms with Gasteiger partial charge in [0.25, 0.3) is 0 Å². The monoisotopic (exact) mass is 354 g/mol. The minimum absolute atomic E-state index is 0.00266. The Hall–Kier alpha value is -0.480. The summed E-state index contributed by atoms with van der Waals surface area (Å²) in [5, 5.41) is 0. The number of esters is 2. The first kappa shape index (κ1) is 21.5. The number of hydrogen-bond donors (Lipinski definition) is 0. The van der Waals surface area contributed by atoms with Crippen molar-refractivity contribution in [2.45, 2.75) is 70.8 Å². The summed E-state index contributed by atoms with van der Waals surface area (Å²) in [6.07, 6.45) is 9.45. The second kappa shape index (κ2) is 15.4. The van der Waals surface area contributed by atoms with Crippen LogP contribution in [0.1, 0.15) is 64.7 Å². The standard InChI is InChI=1S/C16H28Cl2O4/c1-2-14(22-16(20)13-18)10-8-6-4-3-5-7-9-11-21-15(19)12-17/h14H,2-13H2,1H3. The summed E-state index contributed by atoms with van der Waals surface area (Å²) in [6, 6.07) is 0. The molecule has 6 heteroatoms. The number of rotatable bonds is 14. The fraction of sp³-hybridized carbons (Fsp3) is 0.875. The molecule has 0 rings (SSSR count). The zero-order chi connectivity index (χ0) is 16.6. The molecule has 1 unspecified atom stereocenters. The molecule has 0 heterocycles. The van der Waals surface area contributed by atoms with Gasteiger partial charge in [-0.1, -0.05) is 39.0 Å². The van der Waals surface area contributed by atoms with E-state index in [1.165, 1.54) is 12.8 Å². The fourth-order valence-electron chi connectivity index (χ4n) is 2.15. The van der Waals surface area contributed by atoms with Gasteiger partial charge in [-0.3, -0.25) is 9.59 Å². The third kappa shape index (κ3) is 13.2. The molecule has 0 radical (unpaired) electrons. The minimum Gasteiger partial charge on any atom is -0.465 e. The molecule has 0 amide bonds. The first-order chi connectivity index (χ1) is 10.6. The van der Waals surface area contributed by atoms with Crippen molar-refractivity contribution >= 4 is 35.1 Å². The van der Waals surface area contributed by atoms with E-state index in [-0.39, 0.29) is 29.8 Å². The van der Waals surface area contributed by atoms with Crippen molar-refractivity contribution in [3.63, 3.8) is 0 Å². The van der Waals surface area contributed by atoms with Crippen LogP contribution in [0, 0.1) is 0 Å². The highest BCUT2D eigenvalue weighted by Crippen LogP contribution is 2.13. The Morgan fingerprint density at radius 1 is 0.864 bits per heavy atom. The van der Waals surface area contributed by atoms with Crippen molar-refractivity contribution in [3.05, 3.63) is 0 Å². The second-order valence-electron chi connectivity index (χ2n) is 5.27. The van der Waals surface area contributed by atoms with Gasteiger partial charge in [-0.05, 0) is 25.7 Å². The number of hydrogen-bond acceptors (Lipinski definition) is 4. The lowest BCUT2D eigenvalue weighted by molar-refractivity contribution is -0.146. The van der Waals surface area contributed by atoms with Gasteiger partial charge >= 0.3 is 11.9 Å². The van der Waals surface area contributed by atoms with Crippen molar-refractivity contribution in [3.8, 4) is 0 Å². The molecule has 0 fully saturated rings. The summed E-state index contributed by atoms with van der Waals surface area (Å²) in [4.78, 5) is 21.9. The minimum atomic E-state index is -0.345. The van der Waals surface area contributed by atoms with Crippen LogP contribution in [0.2, 0.25) is 0 Å². The van der Waals surface area contributed by atoms with Crippen molar-refractivity contribution in [2.24, 2.45) is 0 Å². The van der Waals surface area contributed by atoms with E-state index in [2.05, 4.69) is 0 Å². The Morgan fingerprint density at radius 3 is 1.95 bits per heavy atom. The zero-order valence-corrected chi connectivity index (χ0v) is 15.0. The van der Waals surface area contributed by atoms with Crippen molar-refractivity contribution < 1.29 is 19.1 Å². The molecule has 0 spiro atoms. The summed E-state index contributed by atoms with van der Waals surface area (Å²) >= 11 is 10.7. The number of carbonyl (C=O) groups excluding carboxylic acids is 2. The van der Waals surface area contributed by atoms with E-state index in [4.69, 9.17) is 32.7 Å². The van der Waals surface area contributed by atoms with Gasteiger partial charge in [0.05, 0.1) is 6.61 Å². The molecule has 1 atom stereocenters. The summed E-state index contributed by atoms with van der Waals surface area (Å²) < 4.78 is 10.1. The van der Waals surface area contributed by atoms with Crippen LogP contribution in [0.4, 0.5) is 0 Å². The largest absolute Gasteiger partial charge is 0.465 e. The maximum Gasteiger partial charge on any atom is 0.321 e. The molecule has 0 aromatic heterocycles. The van der Waals surface area contributed by atoms with Crippen molar-refractivity contribution in [1.82, 2.24) is 0 Å². The zero-order valence-electron chi connectivity index (χ0n) is 13.5. The summed E-state index contributed by atoms with van der Waals surface area (Å²) in [5.74, 6) is -0.819. The van der Waals surface area contributed by atoms with E-state index in [1.54, 1.807) is 0 Å². The Bertz CT molecular complexity index is 298.